The van der Waals surface area contributed by atoms with Crippen LogP contribution >= 0.6 is 0 Å². The lowest BCUT2D eigenvalue weighted by Crippen LogP contribution is -2.26. The number of rotatable bonds is 4. The molecule has 0 aliphatic heterocycles. The Morgan fingerprint density at radius 3 is 2.88 bits per heavy atom. The Hall–Kier alpha value is -2.20. The maximum atomic E-state index is 10.8. The summed E-state index contributed by atoms with van der Waals surface area (Å²) in [5.74, 6) is 0.0977. The molecule has 0 saturated heterocycles. The fraction of sp³-hybridized carbons (Fsp3) is 0.400. The van der Waals surface area contributed by atoms with E-state index in [1.165, 1.54) is 12.3 Å². The summed E-state index contributed by atoms with van der Waals surface area (Å²) in [6, 6.07) is 2.97. The minimum atomic E-state index is -0.594. The van der Waals surface area contributed by atoms with Crippen molar-refractivity contribution >= 4 is 11.5 Å². The van der Waals surface area contributed by atoms with Gasteiger partial charge in [-0.05, 0) is 12.8 Å². The van der Waals surface area contributed by atoms with Crippen molar-refractivity contribution in [1.82, 2.24) is 4.98 Å². The second-order valence-corrected chi connectivity index (χ2v) is 4.02. The molecular formula is C10H10N4O3. The Morgan fingerprint density at radius 2 is 2.41 bits per heavy atom. The van der Waals surface area contributed by atoms with Crippen molar-refractivity contribution in [3.63, 3.8) is 0 Å². The smallest absolute Gasteiger partial charge is 0.312 e. The minimum Gasteiger partial charge on any atom is -0.394 e. The van der Waals surface area contributed by atoms with Gasteiger partial charge < -0.3 is 10.4 Å². The molecule has 88 valence electrons. The van der Waals surface area contributed by atoms with Crippen LogP contribution in [-0.2, 0) is 0 Å². The average molecular weight is 234 g/mol. The molecule has 0 spiro atoms. The summed E-state index contributed by atoms with van der Waals surface area (Å²) in [6.07, 6.45) is 2.77. The quantitative estimate of drug-likeness (QED) is 0.588. The summed E-state index contributed by atoms with van der Waals surface area (Å²) in [5.41, 5.74) is -0.591. The zero-order valence-corrected chi connectivity index (χ0v) is 8.88. The van der Waals surface area contributed by atoms with Gasteiger partial charge in [-0.15, -0.1) is 0 Å². The third-order valence-electron chi connectivity index (χ3n) is 2.73. The van der Waals surface area contributed by atoms with E-state index in [2.05, 4.69) is 10.3 Å². The summed E-state index contributed by atoms with van der Waals surface area (Å²) >= 11 is 0. The highest BCUT2D eigenvalue weighted by atomic mass is 16.6. The number of hydrogen-bond acceptors (Lipinski definition) is 6. The number of aromatic nitrogens is 1. The Morgan fingerprint density at radius 1 is 1.71 bits per heavy atom. The Bertz CT molecular complexity index is 505. The van der Waals surface area contributed by atoms with Gasteiger partial charge in [0, 0.05) is 12.3 Å². The molecule has 1 saturated carbocycles. The maximum Gasteiger partial charge on any atom is 0.312 e. The molecule has 1 aromatic heterocycles. The molecule has 2 rings (SSSR count). The van der Waals surface area contributed by atoms with E-state index in [9.17, 15) is 10.1 Å². The molecule has 0 unspecified atom stereocenters. The number of hydrogen-bond donors (Lipinski definition) is 2. The predicted molar refractivity (Wildman–Crippen MR) is 58.3 cm³/mol. The molecule has 0 aromatic carbocycles. The predicted octanol–water partition coefficient (Wildman–Crippen LogP) is 0.798. The summed E-state index contributed by atoms with van der Waals surface area (Å²) in [5, 5.41) is 31.5. The number of nitrogens with zero attached hydrogens (tertiary/aromatic N) is 3. The van der Waals surface area contributed by atoms with E-state index in [0.717, 1.165) is 12.8 Å². The summed E-state index contributed by atoms with van der Waals surface area (Å²) < 4.78 is 0. The van der Waals surface area contributed by atoms with Crippen LogP contribution in [0.2, 0.25) is 0 Å². The first-order chi connectivity index (χ1) is 8.10. The van der Waals surface area contributed by atoms with Crippen molar-refractivity contribution in [2.45, 2.75) is 18.4 Å². The summed E-state index contributed by atoms with van der Waals surface area (Å²) in [7, 11) is 0. The summed E-state index contributed by atoms with van der Waals surface area (Å²) in [4.78, 5) is 14.1. The maximum absolute atomic E-state index is 10.8. The molecule has 7 heteroatoms. The first-order valence-electron chi connectivity index (χ1n) is 5.04. The molecule has 0 radical (unpaired) electrons. The molecule has 1 fully saturated rings. The van der Waals surface area contributed by atoms with Crippen molar-refractivity contribution in [2.75, 3.05) is 11.9 Å². The van der Waals surface area contributed by atoms with Gasteiger partial charge in [0.1, 0.15) is 6.07 Å². The first-order valence-corrected chi connectivity index (χ1v) is 5.04. The fourth-order valence-corrected chi connectivity index (χ4v) is 1.47. The van der Waals surface area contributed by atoms with E-state index >= 15 is 0 Å². The number of nitrogens with one attached hydrogen (secondary N) is 1. The third kappa shape index (κ3) is 2.16. The van der Waals surface area contributed by atoms with Gasteiger partial charge in [0.2, 0.25) is 5.82 Å². The molecule has 0 bridgehead atoms. The van der Waals surface area contributed by atoms with Gasteiger partial charge in [0.05, 0.1) is 22.6 Å². The number of pyridine rings is 1. The minimum absolute atomic E-state index is 0.0914. The van der Waals surface area contributed by atoms with Gasteiger partial charge in [0.15, 0.2) is 0 Å². The highest BCUT2D eigenvalue weighted by Gasteiger charge is 2.43. The average Bonchev–Trinajstić information content (AvgIpc) is 3.10. The largest absolute Gasteiger partial charge is 0.394 e. The van der Waals surface area contributed by atoms with Crippen molar-refractivity contribution in [3.05, 3.63) is 27.9 Å². The van der Waals surface area contributed by atoms with E-state index < -0.39 is 10.5 Å². The van der Waals surface area contributed by atoms with Gasteiger partial charge in [-0.2, -0.15) is 5.26 Å². The molecule has 2 N–H and O–H groups in total. The molecule has 7 nitrogen and oxygen atoms in total. The standard InChI is InChI=1S/C10H10N4O3/c11-4-7-3-8(14(16)17)9(12-5-7)13-10(6-15)1-2-10/h3,5,15H,1-2,6H2,(H,12,13). The Labute approximate surface area is 96.9 Å². The lowest BCUT2D eigenvalue weighted by molar-refractivity contribution is -0.384. The van der Waals surface area contributed by atoms with Crippen LogP contribution in [0.4, 0.5) is 11.5 Å². The van der Waals surface area contributed by atoms with Crippen LogP contribution in [0, 0.1) is 21.4 Å². The van der Waals surface area contributed by atoms with Crippen LogP contribution in [0.1, 0.15) is 18.4 Å². The zero-order chi connectivity index (χ0) is 12.5. The van der Waals surface area contributed by atoms with E-state index in [4.69, 9.17) is 10.4 Å². The highest BCUT2D eigenvalue weighted by Crippen LogP contribution is 2.39. The molecule has 1 aliphatic carbocycles. The second kappa shape index (κ2) is 3.99. The lowest BCUT2D eigenvalue weighted by Gasteiger charge is -2.14. The molecule has 17 heavy (non-hydrogen) atoms. The second-order valence-electron chi connectivity index (χ2n) is 4.02. The van der Waals surface area contributed by atoms with Gasteiger partial charge in [-0.3, -0.25) is 10.1 Å². The van der Waals surface area contributed by atoms with Crippen LogP contribution < -0.4 is 5.32 Å². The van der Waals surface area contributed by atoms with Crippen molar-refractivity contribution in [3.8, 4) is 6.07 Å². The van der Waals surface area contributed by atoms with Crippen molar-refractivity contribution in [1.29, 1.82) is 5.26 Å². The number of aliphatic hydroxyl groups is 1. The molecule has 1 aromatic rings. The SMILES string of the molecule is N#Cc1cnc(NC2(CO)CC2)c([N+](=O)[O-])c1. The van der Waals surface area contributed by atoms with Gasteiger partial charge >= 0.3 is 5.69 Å². The van der Waals surface area contributed by atoms with Gasteiger partial charge in [-0.25, -0.2) is 4.98 Å². The van der Waals surface area contributed by atoms with Crippen LogP contribution in [-0.4, -0.2) is 27.2 Å². The van der Waals surface area contributed by atoms with E-state index in [1.807, 2.05) is 0 Å². The Kier molecular flexibility index (Phi) is 2.65. The number of anilines is 1. The van der Waals surface area contributed by atoms with E-state index in [1.54, 1.807) is 6.07 Å². The van der Waals surface area contributed by atoms with Crippen LogP contribution in [0.3, 0.4) is 0 Å². The fourth-order valence-electron chi connectivity index (χ4n) is 1.47. The lowest BCUT2D eigenvalue weighted by atomic mass is 10.2. The normalized spacial score (nSPS) is 16.0. The van der Waals surface area contributed by atoms with E-state index in [0.29, 0.717) is 0 Å². The number of aliphatic hydroxyl groups excluding tert-OH is 1. The molecule has 1 heterocycles. The van der Waals surface area contributed by atoms with Crippen LogP contribution in [0.15, 0.2) is 12.3 Å². The van der Waals surface area contributed by atoms with Crippen LogP contribution in [0.5, 0.6) is 0 Å². The van der Waals surface area contributed by atoms with Crippen molar-refractivity contribution in [2.24, 2.45) is 0 Å². The monoisotopic (exact) mass is 234 g/mol. The third-order valence-corrected chi connectivity index (χ3v) is 2.73. The molecule has 0 atom stereocenters. The van der Waals surface area contributed by atoms with Crippen molar-refractivity contribution < 1.29 is 10.0 Å². The van der Waals surface area contributed by atoms with Gasteiger partial charge in [-0.1, -0.05) is 0 Å². The number of nitro groups is 1. The van der Waals surface area contributed by atoms with Crippen LogP contribution in [0.25, 0.3) is 0 Å². The van der Waals surface area contributed by atoms with Gasteiger partial charge in [0.25, 0.3) is 0 Å². The molecule has 1 aliphatic rings. The van der Waals surface area contributed by atoms with E-state index in [-0.39, 0.29) is 23.7 Å². The molecule has 0 amide bonds. The summed E-state index contributed by atoms with van der Waals surface area (Å²) in [6.45, 7) is -0.0914. The topological polar surface area (TPSA) is 112 Å². The highest BCUT2D eigenvalue weighted by molar-refractivity contribution is 5.60. The Balaban J connectivity index is 2.33. The first kappa shape index (κ1) is 11.3. The zero-order valence-electron chi connectivity index (χ0n) is 8.88. The number of nitriles is 1. The molecular weight excluding hydrogens is 224 g/mol.